The molecule has 2 aromatic heterocycles. The van der Waals surface area contributed by atoms with Crippen LogP contribution in [0.4, 0.5) is 0 Å². The first-order chi connectivity index (χ1) is 9.74. The zero-order valence-electron chi connectivity index (χ0n) is 12.2. The summed E-state index contributed by atoms with van der Waals surface area (Å²) >= 11 is 1.54. The van der Waals surface area contributed by atoms with Crippen molar-refractivity contribution in [1.29, 1.82) is 0 Å². The minimum absolute atomic E-state index is 0. The number of nitrogens with zero attached hydrogens (tertiary/aromatic N) is 2. The third kappa shape index (κ3) is 4.23. The van der Waals surface area contributed by atoms with Crippen LogP contribution in [0.5, 0.6) is 0 Å². The van der Waals surface area contributed by atoms with Crippen molar-refractivity contribution >= 4 is 42.1 Å². The van der Waals surface area contributed by atoms with Gasteiger partial charge in [0.05, 0.1) is 18.4 Å². The number of furan rings is 1. The standard InChI is InChI=1S/C14H17N3O2S.2ClH/c1-10-7-15-3-4-17(10)13(18)6-12-9-20-14(16-12)11-2-5-19-8-11;;/h2,5,8-10,15H,3-4,6-7H2,1H3;2*1H/t10-;;/m1../s1. The van der Waals surface area contributed by atoms with Crippen LogP contribution in [0, 0.1) is 0 Å². The molecule has 0 spiro atoms. The Labute approximate surface area is 145 Å². The fraction of sp³-hybridized carbons (Fsp3) is 0.429. The lowest BCUT2D eigenvalue weighted by molar-refractivity contribution is -0.133. The summed E-state index contributed by atoms with van der Waals surface area (Å²) in [5.74, 6) is 0.156. The van der Waals surface area contributed by atoms with Gasteiger partial charge in [0.15, 0.2) is 0 Å². The van der Waals surface area contributed by atoms with Gasteiger partial charge < -0.3 is 14.6 Å². The van der Waals surface area contributed by atoms with Crippen molar-refractivity contribution in [3.8, 4) is 10.6 Å². The van der Waals surface area contributed by atoms with E-state index >= 15 is 0 Å². The molecule has 8 heteroatoms. The van der Waals surface area contributed by atoms with Gasteiger partial charge in [-0.15, -0.1) is 36.2 Å². The molecule has 0 aliphatic carbocycles. The Hall–Kier alpha value is -1.08. The maximum absolute atomic E-state index is 12.3. The predicted molar refractivity (Wildman–Crippen MR) is 92.1 cm³/mol. The normalized spacial score (nSPS) is 17.5. The molecule has 1 saturated heterocycles. The highest BCUT2D eigenvalue weighted by Gasteiger charge is 2.23. The summed E-state index contributed by atoms with van der Waals surface area (Å²) in [4.78, 5) is 18.8. The van der Waals surface area contributed by atoms with Gasteiger partial charge in [0, 0.05) is 36.6 Å². The Morgan fingerprint density at radius 2 is 2.36 bits per heavy atom. The molecule has 0 bridgehead atoms. The van der Waals surface area contributed by atoms with Gasteiger partial charge in [-0.3, -0.25) is 4.79 Å². The van der Waals surface area contributed by atoms with Crippen molar-refractivity contribution in [2.24, 2.45) is 0 Å². The van der Waals surface area contributed by atoms with E-state index in [9.17, 15) is 4.79 Å². The molecule has 2 aromatic rings. The average Bonchev–Trinajstić information content (AvgIpc) is 3.09. The van der Waals surface area contributed by atoms with Crippen LogP contribution in [0.15, 0.2) is 28.4 Å². The zero-order chi connectivity index (χ0) is 13.9. The minimum Gasteiger partial charge on any atom is -0.472 e. The number of hydrogen-bond donors (Lipinski definition) is 1. The monoisotopic (exact) mass is 363 g/mol. The topological polar surface area (TPSA) is 58.4 Å². The summed E-state index contributed by atoms with van der Waals surface area (Å²) in [5, 5.41) is 6.14. The number of rotatable bonds is 3. The summed E-state index contributed by atoms with van der Waals surface area (Å²) in [6, 6.07) is 2.13. The second-order valence-corrected chi connectivity index (χ2v) is 5.83. The van der Waals surface area contributed by atoms with E-state index in [1.54, 1.807) is 23.9 Å². The van der Waals surface area contributed by atoms with E-state index in [4.69, 9.17) is 4.42 Å². The Balaban J connectivity index is 0.00000121. The molecule has 1 aliphatic heterocycles. The number of thiazole rings is 1. The first kappa shape index (κ1) is 19.0. The molecular formula is C14H19Cl2N3O2S. The lowest BCUT2D eigenvalue weighted by Crippen LogP contribution is -2.52. The van der Waals surface area contributed by atoms with Gasteiger partial charge in [0.1, 0.15) is 11.3 Å². The first-order valence-electron chi connectivity index (χ1n) is 6.71. The predicted octanol–water partition coefficient (Wildman–Crippen LogP) is 2.61. The number of amides is 1. The van der Waals surface area contributed by atoms with E-state index in [1.807, 2.05) is 16.3 Å². The molecular weight excluding hydrogens is 345 g/mol. The molecule has 1 amide bonds. The van der Waals surface area contributed by atoms with Gasteiger partial charge in [0.2, 0.25) is 5.91 Å². The van der Waals surface area contributed by atoms with Gasteiger partial charge in [-0.2, -0.15) is 0 Å². The maximum atomic E-state index is 12.3. The molecule has 22 heavy (non-hydrogen) atoms. The second-order valence-electron chi connectivity index (χ2n) is 4.97. The summed E-state index contributed by atoms with van der Waals surface area (Å²) in [6.07, 6.45) is 3.67. The van der Waals surface area contributed by atoms with Crippen LogP contribution in [0.3, 0.4) is 0 Å². The molecule has 122 valence electrons. The molecule has 0 aromatic carbocycles. The molecule has 1 N–H and O–H groups in total. The fourth-order valence-corrected chi connectivity index (χ4v) is 3.18. The largest absolute Gasteiger partial charge is 0.472 e. The highest BCUT2D eigenvalue weighted by Crippen LogP contribution is 2.24. The SMILES string of the molecule is C[C@@H]1CNCCN1C(=O)Cc1csc(-c2ccoc2)n1.Cl.Cl. The molecule has 0 radical (unpaired) electrons. The molecule has 0 saturated carbocycles. The Morgan fingerprint density at radius 3 is 3.05 bits per heavy atom. The van der Waals surface area contributed by atoms with Crippen molar-refractivity contribution in [3.63, 3.8) is 0 Å². The van der Waals surface area contributed by atoms with E-state index in [1.165, 1.54) is 0 Å². The van der Waals surface area contributed by atoms with Crippen molar-refractivity contribution in [2.45, 2.75) is 19.4 Å². The van der Waals surface area contributed by atoms with Crippen LogP contribution in [0.1, 0.15) is 12.6 Å². The van der Waals surface area contributed by atoms with E-state index in [-0.39, 0.29) is 36.8 Å². The maximum Gasteiger partial charge on any atom is 0.228 e. The van der Waals surface area contributed by atoms with Crippen molar-refractivity contribution in [1.82, 2.24) is 15.2 Å². The van der Waals surface area contributed by atoms with Gasteiger partial charge in [-0.05, 0) is 13.0 Å². The lowest BCUT2D eigenvalue weighted by atomic mass is 10.2. The molecule has 1 fully saturated rings. The fourth-order valence-electron chi connectivity index (χ4n) is 2.37. The van der Waals surface area contributed by atoms with Crippen LogP contribution in [0.2, 0.25) is 0 Å². The van der Waals surface area contributed by atoms with Gasteiger partial charge in [-0.25, -0.2) is 4.98 Å². The first-order valence-corrected chi connectivity index (χ1v) is 7.59. The van der Waals surface area contributed by atoms with Crippen LogP contribution in [-0.4, -0.2) is 41.5 Å². The number of carbonyl (C=O) groups excluding carboxylic acids is 1. The molecule has 3 rings (SSSR count). The Bertz CT molecular complexity index is 589. The van der Waals surface area contributed by atoms with E-state index in [0.29, 0.717) is 6.42 Å². The van der Waals surface area contributed by atoms with Gasteiger partial charge >= 0.3 is 0 Å². The van der Waals surface area contributed by atoms with Crippen LogP contribution in [0.25, 0.3) is 10.6 Å². The molecule has 1 aliphatic rings. The van der Waals surface area contributed by atoms with Crippen molar-refractivity contribution in [2.75, 3.05) is 19.6 Å². The molecule has 5 nitrogen and oxygen atoms in total. The lowest BCUT2D eigenvalue weighted by Gasteiger charge is -2.33. The number of piperazine rings is 1. The Kier molecular flexibility index (Phi) is 7.35. The third-order valence-electron chi connectivity index (χ3n) is 3.47. The number of carbonyl (C=O) groups is 1. The highest BCUT2D eigenvalue weighted by atomic mass is 35.5. The minimum atomic E-state index is 0. The number of halogens is 2. The summed E-state index contributed by atoms with van der Waals surface area (Å²) < 4.78 is 5.05. The Morgan fingerprint density at radius 1 is 1.55 bits per heavy atom. The summed E-state index contributed by atoms with van der Waals surface area (Å²) in [5.41, 5.74) is 1.80. The smallest absolute Gasteiger partial charge is 0.228 e. The second kappa shape index (κ2) is 8.53. The molecule has 1 atom stereocenters. The summed E-state index contributed by atoms with van der Waals surface area (Å²) in [6.45, 7) is 4.58. The third-order valence-corrected chi connectivity index (χ3v) is 4.41. The van der Waals surface area contributed by atoms with Crippen LogP contribution in [-0.2, 0) is 11.2 Å². The number of aromatic nitrogens is 1. The molecule has 0 unspecified atom stereocenters. The van der Waals surface area contributed by atoms with Crippen LogP contribution < -0.4 is 5.32 Å². The van der Waals surface area contributed by atoms with Crippen LogP contribution >= 0.6 is 36.2 Å². The highest BCUT2D eigenvalue weighted by molar-refractivity contribution is 7.13. The van der Waals surface area contributed by atoms with Gasteiger partial charge in [-0.1, -0.05) is 0 Å². The van der Waals surface area contributed by atoms with E-state index < -0.39 is 0 Å². The van der Waals surface area contributed by atoms with Crippen molar-refractivity contribution in [3.05, 3.63) is 29.7 Å². The van der Waals surface area contributed by atoms with Crippen molar-refractivity contribution < 1.29 is 9.21 Å². The number of hydrogen-bond acceptors (Lipinski definition) is 5. The average molecular weight is 364 g/mol. The van der Waals surface area contributed by atoms with E-state index in [0.717, 1.165) is 35.9 Å². The van der Waals surface area contributed by atoms with Gasteiger partial charge in [0.25, 0.3) is 0 Å². The zero-order valence-corrected chi connectivity index (χ0v) is 14.6. The molecule has 3 heterocycles. The van der Waals surface area contributed by atoms with E-state index in [2.05, 4.69) is 17.2 Å². The number of nitrogens with one attached hydrogen (secondary N) is 1. The summed E-state index contributed by atoms with van der Waals surface area (Å²) in [7, 11) is 0. The quantitative estimate of drug-likeness (QED) is 0.910.